The molecule has 0 spiro atoms. The van der Waals surface area contributed by atoms with E-state index < -0.39 is 0 Å². The molecule has 0 unspecified atom stereocenters. The lowest BCUT2D eigenvalue weighted by molar-refractivity contribution is -0.115. The van der Waals surface area contributed by atoms with Gasteiger partial charge in [-0.15, -0.1) is 0 Å². The summed E-state index contributed by atoms with van der Waals surface area (Å²) in [5, 5.41) is 15.0. The van der Waals surface area contributed by atoms with Crippen LogP contribution in [0.15, 0.2) is 18.2 Å². The molecule has 100 valence electrons. The first-order valence-corrected chi connectivity index (χ1v) is 6.54. The third-order valence-electron chi connectivity index (χ3n) is 3.25. The average molecular weight is 257 g/mol. The molecule has 0 aromatic heterocycles. The van der Waals surface area contributed by atoms with E-state index >= 15 is 0 Å². The Balaban J connectivity index is 1.83. The monoisotopic (exact) mass is 257 g/mol. The molecule has 4 heteroatoms. The van der Waals surface area contributed by atoms with Crippen LogP contribution in [0.1, 0.15) is 25.0 Å². The molecule has 0 bridgehead atoms. The van der Waals surface area contributed by atoms with E-state index in [-0.39, 0.29) is 11.3 Å². The molecule has 2 N–H and O–H groups in total. The highest BCUT2D eigenvalue weighted by molar-refractivity contribution is 5.99. The van der Waals surface area contributed by atoms with Crippen molar-refractivity contribution in [3.63, 3.8) is 0 Å². The standard InChI is InChI=1S/C15H19N3O/c1-15(2,9-16)10-17-6-5-11-3-4-13-12(7-11)8-14(19)18-13/h3-4,7,17H,5-6,8,10H2,1-2H3,(H,18,19). The molecule has 0 saturated carbocycles. The minimum Gasteiger partial charge on any atom is -0.326 e. The lowest BCUT2D eigenvalue weighted by atomic mass is 9.96. The molecule has 1 amide bonds. The van der Waals surface area contributed by atoms with Crippen LogP contribution in [0.4, 0.5) is 5.69 Å². The second kappa shape index (κ2) is 5.41. The maximum atomic E-state index is 11.3. The van der Waals surface area contributed by atoms with E-state index in [9.17, 15) is 4.79 Å². The number of rotatable bonds is 5. The fourth-order valence-corrected chi connectivity index (χ4v) is 2.11. The van der Waals surface area contributed by atoms with Crippen LogP contribution >= 0.6 is 0 Å². The number of nitrogens with zero attached hydrogens (tertiary/aromatic N) is 1. The number of hydrogen-bond donors (Lipinski definition) is 2. The highest BCUT2D eigenvalue weighted by Gasteiger charge is 2.17. The molecule has 0 atom stereocenters. The smallest absolute Gasteiger partial charge is 0.228 e. The number of amides is 1. The van der Waals surface area contributed by atoms with E-state index in [1.54, 1.807) is 0 Å². The molecule has 1 heterocycles. The Kier molecular flexibility index (Phi) is 3.87. The predicted molar refractivity (Wildman–Crippen MR) is 74.7 cm³/mol. The molecule has 2 rings (SSSR count). The number of nitrogens with one attached hydrogen (secondary N) is 2. The molecule has 1 aliphatic heterocycles. The molecular weight excluding hydrogens is 238 g/mol. The highest BCUT2D eigenvalue weighted by atomic mass is 16.1. The van der Waals surface area contributed by atoms with Gasteiger partial charge < -0.3 is 10.6 Å². The molecule has 1 aromatic rings. The van der Waals surface area contributed by atoms with Crippen molar-refractivity contribution in [1.29, 1.82) is 5.26 Å². The molecule has 19 heavy (non-hydrogen) atoms. The van der Waals surface area contributed by atoms with Gasteiger partial charge in [-0.25, -0.2) is 0 Å². The summed E-state index contributed by atoms with van der Waals surface area (Å²) in [6.45, 7) is 5.37. The number of carbonyl (C=O) groups is 1. The van der Waals surface area contributed by atoms with Crippen LogP contribution in [-0.4, -0.2) is 19.0 Å². The zero-order chi connectivity index (χ0) is 13.9. The van der Waals surface area contributed by atoms with E-state index in [1.807, 2.05) is 26.0 Å². The van der Waals surface area contributed by atoms with Gasteiger partial charge in [-0.05, 0) is 44.0 Å². The maximum absolute atomic E-state index is 11.3. The molecule has 4 nitrogen and oxygen atoms in total. The van der Waals surface area contributed by atoms with Gasteiger partial charge in [-0.2, -0.15) is 5.26 Å². The van der Waals surface area contributed by atoms with Crippen molar-refractivity contribution >= 4 is 11.6 Å². The van der Waals surface area contributed by atoms with Crippen molar-refractivity contribution in [2.45, 2.75) is 26.7 Å². The minimum absolute atomic E-state index is 0.0704. The van der Waals surface area contributed by atoms with Crippen LogP contribution < -0.4 is 10.6 Å². The summed E-state index contributed by atoms with van der Waals surface area (Å²) in [6, 6.07) is 8.37. The first-order chi connectivity index (χ1) is 9.00. The Morgan fingerprint density at radius 1 is 1.47 bits per heavy atom. The van der Waals surface area contributed by atoms with E-state index in [4.69, 9.17) is 5.26 Å². The summed E-state index contributed by atoms with van der Waals surface area (Å²) in [5.41, 5.74) is 2.92. The summed E-state index contributed by atoms with van der Waals surface area (Å²) in [5.74, 6) is 0.0704. The first kappa shape index (κ1) is 13.6. The number of anilines is 1. The molecule has 0 fully saturated rings. The Morgan fingerprint density at radius 2 is 2.26 bits per heavy atom. The third kappa shape index (κ3) is 3.55. The molecule has 0 saturated heterocycles. The van der Waals surface area contributed by atoms with Crippen molar-refractivity contribution in [2.24, 2.45) is 5.41 Å². The zero-order valence-electron chi connectivity index (χ0n) is 11.4. The number of carbonyl (C=O) groups excluding carboxylic acids is 1. The van der Waals surface area contributed by atoms with E-state index in [2.05, 4.69) is 22.8 Å². The number of benzene rings is 1. The van der Waals surface area contributed by atoms with Gasteiger partial charge in [0, 0.05) is 12.2 Å². The SMILES string of the molecule is CC(C)(C#N)CNCCc1ccc2c(c1)CC(=O)N2. The predicted octanol–water partition coefficient (Wildman–Crippen LogP) is 1.86. The largest absolute Gasteiger partial charge is 0.326 e. The fraction of sp³-hybridized carbons (Fsp3) is 0.467. The normalized spacial score (nSPS) is 13.8. The van der Waals surface area contributed by atoms with Gasteiger partial charge in [0.2, 0.25) is 5.91 Å². The molecule has 0 aliphatic carbocycles. The van der Waals surface area contributed by atoms with Gasteiger partial charge in [0.05, 0.1) is 17.9 Å². The van der Waals surface area contributed by atoms with Crippen molar-refractivity contribution < 1.29 is 4.79 Å². The Bertz CT molecular complexity index is 529. The summed E-state index contributed by atoms with van der Waals surface area (Å²) in [7, 11) is 0. The van der Waals surface area contributed by atoms with E-state index in [0.717, 1.165) is 24.2 Å². The van der Waals surface area contributed by atoms with Gasteiger partial charge >= 0.3 is 0 Å². The van der Waals surface area contributed by atoms with Gasteiger partial charge in [-0.3, -0.25) is 4.79 Å². The van der Waals surface area contributed by atoms with Gasteiger partial charge in [-0.1, -0.05) is 12.1 Å². The van der Waals surface area contributed by atoms with Crippen LogP contribution in [0, 0.1) is 16.7 Å². The van der Waals surface area contributed by atoms with Crippen molar-refractivity contribution in [2.75, 3.05) is 18.4 Å². The average Bonchev–Trinajstić information content (AvgIpc) is 2.74. The summed E-state index contributed by atoms with van der Waals surface area (Å²) >= 11 is 0. The second-order valence-electron chi connectivity index (χ2n) is 5.64. The highest BCUT2D eigenvalue weighted by Crippen LogP contribution is 2.23. The fourth-order valence-electron chi connectivity index (χ4n) is 2.11. The number of fused-ring (bicyclic) bond motifs is 1. The van der Waals surface area contributed by atoms with Crippen molar-refractivity contribution in [3.05, 3.63) is 29.3 Å². The summed E-state index contributed by atoms with van der Waals surface area (Å²) in [6.07, 6.45) is 1.39. The van der Waals surface area contributed by atoms with Gasteiger partial charge in [0.15, 0.2) is 0 Å². The van der Waals surface area contributed by atoms with Crippen LogP contribution in [0.3, 0.4) is 0 Å². The molecule has 0 radical (unpaired) electrons. The Labute approximate surface area is 113 Å². The van der Waals surface area contributed by atoms with Crippen LogP contribution in [0.25, 0.3) is 0 Å². The lowest BCUT2D eigenvalue weighted by Crippen LogP contribution is -2.29. The number of hydrogen-bond acceptors (Lipinski definition) is 3. The minimum atomic E-state index is -0.325. The number of nitriles is 1. The summed E-state index contributed by atoms with van der Waals surface area (Å²) < 4.78 is 0. The Morgan fingerprint density at radius 3 is 3.00 bits per heavy atom. The molecular formula is C15H19N3O. The van der Waals surface area contributed by atoms with E-state index in [0.29, 0.717) is 13.0 Å². The van der Waals surface area contributed by atoms with Crippen LogP contribution in [0.2, 0.25) is 0 Å². The van der Waals surface area contributed by atoms with Crippen LogP contribution in [-0.2, 0) is 17.6 Å². The van der Waals surface area contributed by atoms with Gasteiger partial charge in [0.25, 0.3) is 0 Å². The summed E-state index contributed by atoms with van der Waals surface area (Å²) in [4.78, 5) is 11.3. The van der Waals surface area contributed by atoms with Gasteiger partial charge in [0.1, 0.15) is 0 Å². The topological polar surface area (TPSA) is 64.9 Å². The quantitative estimate of drug-likeness (QED) is 0.791. The van der Waals surface area contributed by atoms with Crippen molar-refractivity contribution in [3.8, 4) is 6.07 Å². The maximum Gasteiger partial charge on any atom is 0.228 e. The van der Waals surface area contributed by atoms with Crippen LogP contribution in [0.5, 0.6) is 0 Å². The van der Waals surface area contributed by atoms with E-state index in [1.165, 1.54) is 5.56 Å². The third-order valence-corrected chi connectivity index (χ3v) is 3.25. The lowest BCUT2D eigenvalue weighted by Gasteiger charge is -2.15. The first-order valence-electron chi connectivity index (χ1n) is 6.54. The second-order valence-corrected chi connectivity index (χ2v) is 5.64. The molecule has 1 aliphatic rings. The van der Waals surface area contributed by atoms with Crippen molar-refractivity contribution in [1.82, 2.24) is 5.32 Å². The molecule has 1 aromatic carbocycles. The zero-order valence-corrected chi connectivity index (χ0v) is 11.4. The Hall–Kier alpha value is -1.86.